The van der Waals surface area contributed by atoms with Crippen molar-refractivity contribution in [1.29, 1.82) is 0 Å². The van der Waals surface area contributed by atoms with E-state index in [0.29, 0.717) is 12.3 Å². The zero-order valence-electron chi connectivity index (χ0n) is 12.4. The third kappa shape index (κ3) is 3.17. The number of nitrogens with zero attached hydrogens (tertiary/aromatic N) is 4. The molecular formula is C14H19N5O2S. The quantitative estimate of drug-likeness (QED) is 0.879. The van der Waals surface area contributed by atoms with Gasteiger partial charge in [-0.25, -0.2) is 13.1 Å². The van der Waals surface area contributed by atoms with Gasteiger partial charge in [0.2, 0.25) is 0 Å². The van der Waals surface area contributed by atoms with Crippen molar-refractivity contribution in [2.45, 2.75) is 31.1 Å². The fourth-order valence-corrected chi connectivity index (χ4v) is 4.49. The molecule has 2 heterocycles. The van der Waals surface area contributed by atoms with Crippen LogP contribution < -0.4 is 5.32 Å². The SMILES string of the molecule is C[C@@H](NC[C@H]1CCCS1(=O)=O)c1ccc(-n2cnnn2)cc1. The molecule has 1 aliphatic rings. The van der Waals surface area contributed by atoms with Crippen LogP contribution in [-0.2, 0) is 9.84 Å². The van der Waals surface area contributed by atoms with E-state index >= 15 is 0 Å². The molecule has 1 fully saturated rings. The highest BCUT2D eigenvalue weighted by atomic mass is 32.2. The largest absolute Gasteiger partial charge is 0.309 e. The van der Waals surface area contributed by atoms with E-state index in [4.69, 9.17) is 0 Å². The van der Waals surface area contributed by atoms with Gasteiger partial charge in [0.05, 0.1) is 16.7 Å². The van der Waals surface area contributed by atoms with Crippen LogP contribution in [0.3, 0.4) is 0 Å². The molecule has 7 nitrogen and oxygen atoms in total. The third-order valence-electron chi connectivity index (χ3n) is 4.12. The van der Waals surface area contributed by atoms with Crippen molar-refractivity contribution in [3.8, 4) is 5.69 Å². The highest BCUT2D eigenvalue weighted by Crippen LogP contribution is 2.21. The van der Waals surface area contributed by atoms with Crippen LogP contribution >= 0.6 is 0 Å². The maximum absolute atomic E-state index is 11.8. The zero-order valence-corrected chi connectivity index (χ0v) is 13.2. The summed E-state index contributed by atoms with van der Waals surface area (Å²) in [5.41, 5.74) is 1.99. The Balaban J connectivity index is 1.62. The predicted octanol–water partition coefficient (Wildman–Crippen LogP) is 0.890. The standard InChI is InChI=1S/C14H19N5O2S/c1-11(15-9-14-3-2-8-22(14,20)21)12-4-6-13(7-5-12)19-10-16-17-18-19/h4-7,10-11,14-15H,2-3,8-9H2,1H3/t11-,14-/m1/s1. The summed E-state index contributed by atoms with van der Waals surface area (Å²) in [6.45, 7) is 2.55. The molecular weight excluding hydrogens is 302 g/mol. The Morgan fingerprint density at radius 3 is 2.73 bits per heavy atom. The van der Waals surface area contributed by atoms with Crippen LogP contribution in [0.25, 0.3) is 5.69 Å². The van der Waals surface area contributed by atoms with Crippen LogP contribution in [0.15, 0.2) is 30.6 Å². The molecule has 0 saturated carbocycles. The fourth-order valence-electron chi connectivity index (χ4n) is 2.71. The van der Waals surface area contributed by atoms with Gasteiger partial charge in [0.25, 0.3) is 0 Å². The van der Waals surface area contributed by atoms with Crippen LogP contribution in [0.2, 0.25) is 0 Å². The third-order valence-corrected chi connectivity index (χ3v) is 6.40. The smallest absolute Gasteiger partial charge is 0.154 e. The number of tetrazole rings is 1. The van der Waals surface area contributed by atoms with Gasteiger partial charge in [-0.05, 0) is 47.9 Å². The molecule has 0 unspecified atom stereocenters. The summed E-state index contributed by atoms with van der Waals surface area (Å²) in [4.78, 5) is 0. The lowest BCUT2D eigenvalue weighted by Gasteiger charge is -2.17. The van der Waals surface area contributed by atoms with Crippen LogP contribution in [-0.4, -0.2) is 46.2 Å². The summed E-state index contributed by atoms with van der Waals surface area (Å²) in [5.74, 6) is 0.328. The highest BCUT2D eigenvalue weighted by Gasteiger charge is 2.31. The summed E-state index contributed by atoms with van der Waals surface area (Å²) in [5, 5.41) is 14.1. The van der Waals surface area contributed by atoms with Crippen molar-refractivity contribution < 1.29 is 8.42 Å². The maximum Gasteiger partial charge on any atom is 0.154 e. The van der Waals surface area contributed by atoms with Crippen molar-refractivity contribution in [3.63, 3.8) is 0 Å². The molecule has 0 aliphatic carbocycles. The lowest BCUT2D eigenvalue weighted by atomic mass is 10.1. The molecule has 1 N–H and O–H groups in total. The minimum Gasteiger partial charge on any atom is -0.309 e. The molecule has 0 amide bonds. The molecule has 2 aromatic rings. The van der Waals surface area contributed by atoms with E-state index in [1.165, 1.54) is 0 Å². The van der Waals surface area contributed by atoms with Gasteiger partial charge in [-0.1, -0.05) is 12.1 Å². The predicted molar refractivity (Wildman–Crippen MR) is 82.4 cm³/mol. The molecule has 2 atom stereocenters. The molecule has 1 aromatic carbocycles. The number of hydrogen-bond donors (Lipinski definition) is 1. The van der Waals surface area contributed by atoms with E-state index in [-0.39, 0.29) is 11.3 Å². The van der Waals surface area contributed by atoms with E-state index < -0.39 is 9.84 Å². The first-order valence-corrected chi connectivity index (χ1v) is 9.06. The van der Waals surface area contributed by atoms with E-state index in [2.05, 4.69) is 20.8 Å². The van der Waals surface area contributed by atoms with Gasteiger partial charge in [-0.15, -0.1) is 5.10 Å². The monoisotopic (exact) mass is 321 g/mol. The van der Waals surface area contributed by atoms with Gasteiger partial charge in [0.1, 0.15) is 6.33 Å². The lowest BCUT2D eigenvalue weighted by molar-refractivity contribution is 0.538. The second kappa shape index (κ2) is 6.13. The number of aromatic nitrogens is 4. The Kier molecular flexibility index (Phi) is 4.21. The first kappa shape index (κ1) is 15.1. The van der Waals surface area contributed by atoms with E-state index in [0.717, 1.165) is 24.1 Å². The number of hydrogen-bond acceptors (Lipinski definition) is 6. The number of benzene rings is 1. The number of sulfone groups is 1. The van der Waals surface area contributed by atoms with Gasteiger partial charge < -0.3 is 5.32 Å². The van der Waals surface area contributed by atoms with Crippen molar-refractivity contribution in [1.82, 2.24) is 25.5 Å². The van der Waals surface area contributed by atoms with Crippen molar-refractivity contribution in [2.24, 2.45) is 0 Å². The fraction of sp³-hybridized carbons (Fsp3) is 0.500. The Morgan fingerprint density at radius 1 is 1.36 bits per heavy atom. The van der Waals surface area contributed by atoms with Crippen molar-refractivity contribution in [2.75, 3.05) is 12.3 Å². The molecule has 118 valence electrons. The first-order chi connectivity index (χ1) is 10.6. The second-order valence-electron chi connectivity index (χ2n) is 5.61. The average Bonchev–Trinajstić information content (AvgIpc) is 3.14. The van der Waals surface area contributed by atoms with Gasteiger partial charge in [0, 0.05) is 12.6 Å². The normalized spacial score (nSPS) is 21.8. The molecule has 0 radical (unpaired) electrons. The Hall–Kier alpha value is -1.80. The first-order valence-electron chi connectivity index (χ1n) is 7.34. The molecule has 0 spiro atoms. The molecule has 22 heavy (non-hydrogen) atoms. The van der Waals surface area contributed by atoms with Crippen LogP contribution in [0.4, 0.5) is 0 Å². The van der Waals surface area contributed by atoms with E-state index in [1.807, 2.05) is 31.2 Å². The second-order valence-corrected chi connectivity index (χ2v) is 8.01. The minimum atomic E-state index is -2.89. The summed E-state index contributed by atoms with van der Waals surface area (Å²) < 4.78 is 25.2. The number of rotatable bonds is 5. The lowest BCUT2D eigenvalue weighted by Crippen LogP contribution is -2.32. The minimum absolute atomic E-state index is 0.0960. The molecule has 8 heteroatoms. The van der Waals surface area contributed by atoms with Crippen molar-refractivity contribution in [3.05, 3.63) is 36.2 Å². The van der Waals surface area contributed by atoms with E-state index in [9.17, 15) is 8.42 Å². The summed E-state index contributed by atoms with van der Waals surface area (Å²) in [6, 6.07) is 7.97. The molecule has 3 rings (SSSR count). The molecule has 1 aliphatic heterocycles. The summed E-state index contributed by atoms with van der Waals surface area (Å²) >= 11 is 0. The topological polar surface area (TPSA) is 89.8 Å². The molecule has 1 saturated heterocycles. The van der Waals surface area contributed by atoms with Gasteiger partial charge in [-0.3, -0.25) is 0 Å². The van der Waals surface area contributed by atoms with Gasteiger partial charge in [-0.2, -0.15) is 0 Å². The average molecular weight is 321 g/mol. The highest BCUT2D eigenvalue weighted by molar-refractivity contribution is 7.92. The molecule has 1 aromatic heterocycles. The number of nitrogens with one attached hydrogen (secondary N) is 1. The summed E-state index contributed by atoms with van der Waals surface area (Å²) in [7, 11) is -2.89. The Bertz CT molecular complexity index is 712. The van der Waals surface area contributed by atoms with Crippen LogP contribution in [0.5, 0.6) is 0 Å². The zero-order chi connectivity index (χ0) is 15.6. The van der Waals surface area contributed by atoms with Crippen LogP contribution in [0.1, 0.15) is 31.4 Å². The Morgan fingerprint density at radius 2 is 2.14 bits per heavy atom. The maximum atomic E-state index is 11.8. The van der Waals surface area contributed by atoms with Crippen molar-refractivity contribution >= 4 is 9.84 Å². The Labute approximate surface area is 129 Å². The molecule has 0 bridgehead atoms. The van der Waals surface area contributed by atoms with Gasteiger partial charge >= 0.3 is 0 Å². The van der Waals surface area contributed by atoms with Gasteiger partial charge in [0.15, 0.2) is 9.84 Å². The summed E-state index contributed by atoms with van der Waals surface area (Å²) in [6.07, 6.45) is 3.09. The van der Waals surface area contributed by atoms with Crippen LogP contribution in [0, 0.1) is 0 Å². The van der Waals surface area contributed by atoms with E-state index in [1.54, 1.807) is 11.0 Å².